The number of aliphatic imine (C=N–C) groups is 1. The summed E-state index contributed by atoms with van der Waals surface area (Å²) in [5, 5.41) is 13.4. The van der Waals surface area contributed by atoms with Gasteiger partial charge in [0.05, 0.1) is 29.0 Å². The van der Waals surface area contributed by atoms with E-state index in [9.17, 15) is 18.0 Å². The van der Waals surface area contributed by atoms with Crippen molar-refractivity contribution < 1.29 is 27.5 Å². The Morgan fingerprint density at radius 3 is 2.58 bits per heavy atom. The molecule has 0 atom stereocenters. The molecule has 0 bridgehead atoms. The standard InChI is InChI=1S/C23H19ClN4O6S2/c1-4-36(31,32)23-27-28-19(25)15(20(29)26-22(28)35-23)9-13-10-16(24)18(17(11-13)33-3)34-21(30)14-7-5-12(2)6-8-14/h5-11,25H,4H2,1-3H3. The Balaban J connectivity index is 1.65. The summed E-state index contributed by atoms with van der Waals surface area (Å²) in [5.41, 5.74) is 1.53. The summed E-state index contributed by atoms with van der Waals surface area (Å²) < 4.78 is 34.9. The third kappa shape index (κ3) is 4.92. The molecule has 2 aliphatic heterocycles. The number of aryl methyl sites for hydroxylation is 1. The molecule has 2 aliphatic rings. The zero-order valence-corrected chi connectivity index (χ0v) is 21.6. The molecule has 10 nitrogen and oxygen atoms in total. The highest BCUT2D eigenvalue weighted by molar-refractivity contribution is 8.42. The second-order valence-electron chi connectivity index (χ2n) is 7.58. The largest absolute Gasteiger partial charge is 0.493 e. The number of hydrazone groups is 1. The Kier molecular flexibility index (Phi) is 7.03. The fourth-order valence-electron chi connectivity index (χ4n) is 3.15. The number of fused-ring (bicyclic) bond motifs is 1. The van der Waals surface area contributed by atoms with Gasteiger partial charge < -0.3 is 9.47 Å². The van der Waals surface area contributed by atoms with Gasteiger partial charge in [-0.1, -0.05) is 36.2 Å². The number of carbonyl (C=O) groups excluding carboxylic acids is 2. The van der Waals surface area contributed by atoms with E-state index in [1.165, 1.54) is 32.2 Å². The number of halogens is 1. The molecule has 36 heavy (non-hydrogen) atoms. The van der Waals surface area contributed by atoms with Gasteiger partial charge in [0.2, 0.25) is 19.4 Å². The maximum Gasteiger partial charge on any atom is 0.343 e. The lowest BCUT2D eigenvalue weighted by molar-refractivity contribution is -0.114. The van der Waals surface area contributed by atoms with E-state index in [1.54, 1.807) is 24.3 Å². The minimum Gasteiger partial charge on any atom is -0.493 e. The fourth-order valence-corrected chi connectivity index (χ4v) is 5.58. The summed E-state index contributed by atoms with van der Waals surface area (Å²) in [6.07, 6.45) is 1.34. The van der Waals surface area contributed by atoms with Crippen molar-refractivity contribution in [3.8, 4) is 11.5 Å². The summed E-state index contributed by atoms with van der Waals surface area (Å²) in [6.45, 7) is 3.37. The number of nitrogens with one attached hydrogen (secondary N) is 1. The number of benzene rings is 2. The molecule has 4 rings (SSSR count). The smallest absolute Gasteiger partial charge is 0.343 e. The van der Waals surface area contributed by atoms with Crippen molar-refractivity contribution in [3.63, 3.8) is 0 Å². The highest BCUT2D eigenvalue weighted by atomic mass is 35.5. The Labute approximate surface area is 216 Å². The number of sulfone groups is 1. The van der Waals surface area contributed by atoms with E-state index in [1.807, 2.05) is 6.92 Å². The minimum atomic E-state index is -3.64. The number of hydrogen-bond acceptors (Lipinski definition) is 9. The first-order valence-corrected chi connectivity index (χ1v) is 13.3. The summed E-state index contributed by atoms with van der Waals surface area (Å²) in [5.74, 6) is -1.78. The van der Waals surface area contributed by atoms with Crippen LogP contribution in [-0.2, 0) is 14.6 Å². The van der Waals surface area contributed by atoms with Crippen molar-refractivity contribution >= 4 is 66.5 Å². The van der Waals surface area contributed by atoms with Crippen LogP contribution in [0.1, 0.15) is 28.4 Å². The van der Waals surface area contributed by atoms with Gasteiger partial charge in [-0.3, -0.25) is 10.2 Å². The highest BCUT2D eigenvalue weighted by Gasteiger charge is 2.39. The SMILES string of the molecule is CCS(=O)(=O)C1=NN2C(=N)C(=Cc3cc(Cl)c(OC(=O)c4ccc(C)cc4)c(OC)c3)C(=O)N=C2S1. The quantitative estimate of drug-likeness (QED) is 0.338. The van der Waals surface area contributed by atoms with Gasteiger partial charge in [0.15, 0.2) is 17.3 Å². The first-order chi connectivity index (χ1) is 17.0. The topological polar surface area (TPSA) is 139 Å². The van der Waals surface area contributed by atoms with Crippen molar-refractivity contribution in [3.05, 3.63) is 63.7 Å². The predicted octanol–water partition coefficient (Wildman–Crippen LogP) is 3.89. The molecule has 0 fully saturated rings. The number of amidine groups is 2. The number of hydrogen-bond donors (Lipinski definition) is 1. The van der Waals surface area contributed by atoms with Gasteiger partial charge in [-0.05, 0) is 54.6 Å². The van der Waals surface area contributed by atoms with Gasteiger partial charge in [-0.15, -0.1) is 5.10 Å². The van der Waals surface area contributed by atoms with E-state index in [4.69, 9.17) is 26.5 Å². The maximum atomic E-state index is 12.6. The molecule has 1 amide bonds. The molecular weight excluding hydrogens is 528 g/mol. The van der Waals surface area contributed by atoms with Crippen LogP contribution in [0.4, 0.5) is 0 Å². The molecule has 0 unspecified atom stereocenters. The third-order valence-corrected chi connectivity index (χ3v) is 8.50. The number of thioether (sulfide) groups is 1. The van der Waals surface area contributed by atoms with Crippen molar-refractivity contribution in [2.45, 2.75) is 13.8 Å². The van der Waals surface area contributed by atoms with E-state index < -0.39 is 21.7 Å². The molecule has 2 aromatic carbocycles. The Morgan fingerprint density at radius 1 is 1.25 bits per heavy atom. The number of rotatable bonds is 5. The van der Waals surface area contributed by atoms with Gasteiger partial charge >= 0.3 is 5.97 Å². The second kappa shape index (κ2) is 9.88. The van der Waals surface area contributed by atoms with Crippen molar-refractivity contribution in [1.29, 1.82) is 5.41 Å². The van der Waals surface area contributed by atoms with E-state index in [-0.39, 0.29) is 43.2 Å². The van der Waals surface area contributed by atoms with Crippen LogP contribution in [-0.4, -0.2) is 53.5 Å². The zero-order valence-electron chi connectivity index (χ0n) is 19.2. The lowest BCUT2D eigenvalue weighted by Crippen LogP contribution is -2.35. The summed E-state index contributed by atoms with van der Waals surface area (Å²) in [4.78, 5) is 29.1. The monoisotopic (exact) mass is 546 g/mol. The predicted molar refractivity (Wildman–Crippen MR) is 139 cm³/mol. The first-order valence-electron chi connectivity index (χ1n) is 10.4. The summed E-state index contributed by atoms with van der Waals surface area (Å²) in [6, 6.07) is 9.72. The van der Waals surface area contributed by atoms with E-state index >= 15 is 0 Å². The van der Waals surface area contributed by atoms with Crippen LogP contribution in [0.2, 0.25) is 5.02 Å². The average molecular weight is 547 g/mol. The third-order valence-electron chi connectivity index (χ3n) is 5.13. The minimum absolute atomic E-state index is 0.00722. The number of carbonyl (C=O) groups is 2. The van der Waals surface area contributed by atoms with Crippen LogP contribution in [0, 0.1) is 12.3 Å². The number of methoxy groups -OCH3 is 1. The molecule has 2 aromatic rings. The molecule has 0 aromatic heterocycles. The van der Waals surface area contributed by atoms with Crippen LogP contribution >= 0.6 is 23.4 Å². The van der Waals surface area contributed by atoms with Crippen molar-refractivity contribution in [1.82, 2.24) is 5.01 Å². The van der Waals surface area contributed by atoms with Gasteiger partial charge in [0, 0.05) is 0 Å². The molecule has 186 valence electrons. The Morgan fingerprint density at radius 2 is 1.94 bits per heavy atom. The highest BCUT2D eigenvalue weighted by Crippen LogP contribution is 2.38. The molecular formula is C23H19ClN4O6S2. The molecule has 2 heterocycles. The van der Waals surface area contributed by atoms with Gasteiger partial charge in [-0.2, -0.15) is 10.0 Å². The van der Waals surface area contributed by atoms with E-state index in [2.05, 4.69) is 10.1 Å². The van der Waals surface area contributed by atoms with Crippen molar-refractivity contribution in [2.75, 3.05) is 12.9 Å². The van der Waals surface area contributed by atoms with Gasteiger partial charge in [0.25, 0.3) is 5.91 Å². The van der Waals surface area contributed by atoms with Gasteiger partial charge in [0.1, 0.15) is 0 Å². The fraction of sp³-hybridized carbons (Fsp3) is 0.174. The molecule has 13 heteroatoms. The molecule has 0 radical (unpaired) electrons. The summed E-state index contributed by atoms with van der Waals surface area (Å²) in [7, 11) is -2.27. The van der Waals surface area contributed by atoms with Crippen molar-refractivity contribution in [2.24, 2.45) is 10.1 Å². The number of amides is 1. The normalized spacial score (nSPS) is 16.6. The van der Waals surface area contributed by atoms with Crippen LogP contribution in [0.25, 0.3) is 6.08 Å². The Hall–Kier alpha value is -3.48. The number of nitrogens with zero attached hydrogens (tertiary/aromatic N) is 3. The summed E-state index contributed by atoms with van der Waals surface area (Å²) >= 11 is 7.10. The molecule has 0 aliphatic carbocycles. The lowest BCUT2D eigenvalue weighted by atomic mass is 10.1. The molecule has 0 saturated carbocycles. The Bertz CT molecular complexity index is 1500. The molecule has 1 N–H and O–H groups in total. The van der Waals surface area contributed by atoms with Crippen LogP contribution in [0.5, 0.6) is 11.5 Å². The number of esters is 1. The lowest BCUT2D eigenvalue weighted by Gasteiger charge is -2.20. The zero-order chi connectivity index (χ0) is 26.2. The average Bonchev–Trinajstić information content (AvgIpc) is 3.28. The van der Waals surface area contributed by atoms with Crippen LogP contribution in [0.3, 0.4) is 0 Å². The molecule has 0 spiro atoms. The second-order valence-corrected chi connectivity index (χ2v) is 11.4. The molecule has 0 saturated heterocycles. The van der Waals surface area contributed by atoms with Crippen LogP contribution in [0.15, 0.2) is 52.1 Å². The van der Waals surface area contributed by atoms with Crippen LogP contribution < -0.4 is 9.47 Å². The number of ether oxygens (including phenoxy) is 2. The van der Waals surface area contributed by atoms with Gasteiger partial charge in [-0.25, -0.2) is 13.2 Å². The van der Waals surface area contributed by atoms with E-state index in [0.29, 0.717) is 22.9 Å². The maximum absolute atomic E-state index is 12.6. The first kappa shape index (κ1) is 25.6. The van der Waals surface area contributed by atoms with E-state index in [0.717, 1.165) is 10.6 Å².